The molecule has 0 radical (unpaired) electrons. The molecule has 124 valence electrons. The minimum atomic E-state index is -0.996. The van der Waals surface area contributed by atoms with Crippen LogP contribution in [0.3, 0.4) is 0 Å². The van der Waals surface area contributed by atoms with Gasteiger partial charge in [-0.1, -0.05) is 23.2 Å². The van der Waals surface area contributed by atoms with Crippen molar-refractivity contribution in [3.63, 3.8) is 0 Å². The van der Waals surface area contributed by atoms with Gasteiger partial charge in [-0.3, -0.25) is 9.59 Å². The number of rotatable bonds is 5. The molecule has 1 aliphatic heterocycles. The van der Waals surface area contributed by atoms with Gasteiger partial charge in [0.2, 0.25) is 11.8 Å². The zero-order valence-corrected chi connectivity index (χ0v) is 14.0. The molecular weight excluding hydrogens is 339 g/mol. The molecule has 1 aromatic rings. The lowest BCUT2D eigenvalue weighted by Crippen LogP contribution is -2.42. The second kappa shape index (κ2) is 6.67. The van der Waals surface area contributed by atoms with Gasteiger partial charge in [0.1, 0.15) is 5.41 Å². The summed E-state index contributed by atoms with van der Waals surface area (Å²) in [6.07, 6.45) is 3.08. The minimum Gasteiger partial charge on any atom is -0.376 e. The zero-order valence-electron chi connectivity index (χ0n) is 12.5. The van der Waals surface area contributed by atoms with Crippen LogP contribution in [0.25, 0.3) is 0 Å². The van der Waals surface area contributed by atoms with E-state index in [4.69, 9.17) is 27.9 Å². The van der Waals surface area contributed by atoms with E-state index in [1.54, 1.807) is 18.2 Å². The van der Waals surface area contributed by atoms with Crippen LogP contribution in [-0.4, -0.2) is 31.1 Å². The number of halogens is 2. The molecule has 0 spiro atoms. The molecule has 1 saturated heterocycles. The van der Waals surface area contributed by atoms with Crippen molar-refractivity contribution in [1.82, 2.24) is 5.32 Å². The normalized spacial score (nSPS) is 21.7. The fourth-order valence-corrected chi connectivity index (χ4v) is 3.04. The highest BCUT2D eigenvalue weighted by Gasteiger charge is 2.56. The van der Waals surface area contributed by atoms with Crippen LogP contribution < -0.4 is 10.6 Å². The van der Waals surface area contributed by atoms with Crippen molar-refractivity contribution in [2.75, 3.05) is 18.5 Å². The summed E-state index contributed by atoms with van der Waals surface area (Å²) in [6.45, 7) is 1.19. The molecule has 1 heterocycles. The van der Waals surface area contributed by atoms with Gasteiger partial charge < -0.3 is 15.4 Å². The third-order valence-electron chi connectivity index (χ3n) is 4.31. The maximum absolute atomic E-state index is 12.5. The Labute approximate surface area is 144 Å². The summed E-state index contributed by atoms with van der Waals surface area (Å²) < 4.78 is 5.47. The van der Waals surface area contributed by atoms with E-state index >= 15 is 0 Å². The Balaban J connectivity index is 1.61. The average Bonchev–Trinajstić information content (AvgIpc) is 3.18. The maximum atomic E-state index is 12.5. The molecule has 7 heteroatoms. The van der Waals surface area contributed by atoms with E-state index in [-0.39, 0.29) is 17.9 Å². The first kappa shape index (κ1) is 16.6. The van der Waals surface area contributed by atoms with Crippen LogP contribution in [0.4, 0.5) is 5.69 Å². The smallest absolute Gasteiger partial charge is 0.240 e. The van der Waals surface area contributed by atoms with Crippen LogP contribution in [0.2, 0.25) is 10.0 Å². The number of anilines is 1. The number of carbonyl (C=O) groups excluding carboxylic acids is 2. The van der Waals surface area contributed by atoms with Gasteiger partial charge in [-0.15, -0.1) is 0 Å². The molecule has 5 nitrogen and oxygen atoms in total. The minimum absolute atomic E-state index is 0.0557. The number of carbonyl (C=O) groups is 2. The molecule has 1 saturated carbocycles. The van der Waals surface area contributed by atoms with E-state index in [0.29, 0.717) is 35.1 Å². The molecule has 3 rings (SSSR count). The van der Waals surface area contributed by atoms with Crippen molar-refractivity contribution >= 4 is 40.7 Å². The number of amides is 2. The average molecular weight is 357 g/mol. The van der Waals surface area contributed by atoms with Crippen LogP contribution in [-0.2, 0) is 14.3 Å². The Bertz CT molecular complexity index is 626. The van der Waals surface area contributed by atoms with E-state index in [1.807, 2.05) is 0 Å². The van der Waals surface area contributed by atoms with Crippen LogP contribution in [0, 0.1) is 5.41 Å². The largest absolute Gasteiger partial charge is 0.376 e. The van der Waals surface area contributed by atoms with Crippen molar-refractivity contribution in [3.05, 3.63) is 28.2 Å². The molecule has 1 aliphatic carbocycles. The Hall–Kier alpha value is -1.30. The van der Waals surface area contributed by atoms with Gasteiger partial charge in [0.05, 0.1) is 16.8 Å². The SMILES string of the molecule is O=C(NCC1CCCO1)C1(C(=O)Nc2cc(Cl)ccc2Cl)CC1. The number of benzene rings is 1. The van der Waals surface area contributed by atoms with Crippen molar-refractivity contribution in [3.8, 4) is 0 Å². The summed E-state index contributed by atoms with van der Waals surface area (Å²) in [6, 6.07) is 4.82. The Morgan fingerprint density at radius 3 is 2.70 bits per heavy atom. The van der Waals surface area contributed by atoms with E-state index in [2.05, 4.69) is 10.6 Å². The number of nitrogens with one attached hydrogen (secondary N) is 2. The van der Waals surface area contributed by atoms with E-state index in [1.165, 1.54) is 0 Å². The molecule has 23 heavy (non-hydrogen) atoms. The Morgan fingerprint density at radius 1 is 1.26 bits per heavy atom. The first-order valence-electron chi connectivity index (χ1n) is 7.68. The Morgan fingerprint density at radius 2 is 2.04 bits per heavy atom. The van der Waals surface area contributed by atoms with Gasteiger partial charge in [-0.25, -0.2) is 0 Å². The second-order valence-electron chi connectivity index (χ2n) is 6.01. The molecule has 1 aromatic carbocycles. The fourth-order valence-electron chi connectivity index (χ4n) is 2.70. The molecule has 0 aromatic heterocycles. The molecule has 2 fully saturated rings. The topological polar surface area (TPSA) is 67.4 Å². The molecule has 1 unspecified atom stereocenters. The van der Waals surface area contributed by atoms with Crippen molar-refractivity contribution in [2.24, 2.45) is 5.41 Å². The lowest BCUT2D eigenvalue weighted by Gasteiger charge is -2.17. The van der Waals surface area contributed by atoms with Gasteiger partial charge in [0.25, 0.3) is 0 Å². The lowest BCUT2D eigenvalue weighted by atomic mass is 10.0. The number of ether oxygens (including phenoxy) is 1. The van der Waals surface area contributed by atoms with Gasteiger partial charge in [-0.2, -0.15) is 0 Å². The highest BCUT2D eigenvalue weighted by atomic mass is 35.5. The predicted octanol–water partition coefficient (Wildman–Crippen LogP) is 3.01. The highest BCUT2D eigenvalue weighted by Crippen LogP contribution is 2.47. The lowest BCUT2D eigenvalue weighted by molar-refractivity contribution is -0.134. The van der Waals surface area contributed by atoms with E-state index < -0.39 is 5.41 Å². The van der Waals surface area contributed by atoms with Crippen molar-refractivity contribution in [2.45, 2.75) is 31.8 Å². The van der Waals surface area contributed by atoms with Crippen molar-refractivity contribution < 1.29 is 14.3 Å². The summed E-state index contributed by atoms with van der Waals surface area (Å²) in [4.78, 5) is 24.9. The summed E-state index contributed by atoms with van der Waals surface area (Å²) in [5.74, 6) is -0.588. The van der Waals surface area contributed by atoms with Crippen LogP contribution >= 0.6 is 23.2 Å². The van der Waals surface area contributed by atoms with E-state index in [9.17, 15) is 9.59 Å². The number of hydrogen-bond donors (Lipinski definition) is 2. The van der Waals surface area contributed by atoms with E-state index in [0.717, 1.165) is 19.4 Å². The van der Waals surface area contributed by atoms with Crippen LogP contribution in [0.15, 0.2) is 18.2 Å². The molecule has 1 atom stereocenters. The highest BCUT2D eigenvalue weighted by molar-refractivity contribution is 6.36. The van der Waals surface area contributed by atoms with Crippen LogP contribution in [0.1, 0.15) is 25.7 Å². The summed E-state index contributed by atoms with van der Waals surface area (Å²) in [5, 5.41) is 6.41. The molecule has 0 bridgehead atoms. The number of hydrogen-bond acceptors (Lipinski definition) is 3. The summed E-state index contributed by atoms with van der Waals surface area (Å²) in [7, 11) is 0. The standard InChI is InChI=1S/C16H18Cl2N2O3/c17-10-3-4-12(18)13(8-10)20-15(22)16(5-6-16)14(21)19-9-11-2-1-7-23-11/h3-4,8,11H,1-2,5-7,9H2,(H,19,21)(H,20,22). The zero-order chi connectivity index (χ0) is 16.4. The fraction of sp³-hybridized carbons (Fsp3) is 0.500. The molecule has 2 N–H and O–H groups in total. The molecular formula is C16H18Cl2N2O3. The van der Waals surface area contributed by atoms with Gasteiger partial charge in [0.15, 0.2) is 0 Å². The predicted molar refractivity (Wildman–Crippen MR) is 88.7 cm³/mol. The van der Waals surface area contributed by atoms with Gasteiger partial charge >= 0.3 is 0 Å². The third-order valence-corrected chi connectivity index (χ3v) is 4.87. The van der Waals surface area contributed by atoms with Gasteiger partial charge in [-0.05, 0) is 43.9 Å². The quantitative estimate of drug-likeness (QED) is 0.796. The molecule has 2 aliphatic rings. The molecule has 2 amide bonds. The second-order valence-corrected chi connectivity index (χ2v) is 6.85. The van der Waals surface area contributed by atoms with Gasteiger partial charge in [0, 0.05) is 18.2 Å². The van der Waals surface area contributed by atoms with Crippen molar-refractivity contribution in [1.29, 1.82) is 0 Å². The summed E-state index contributed by atoms with van der Waals surface area (Å²) >= 11 is 12.0. The Kier molecular flexibility index (Phi) is 4.80. The third kappa shape index (κ3) is 3.62. The summed E-state index contributed by atoms with van der Waals surface area (Å²) in [5.41, 5.74) is -0.577. The first-order valence-corrected chi connectivity index (χ1v) is 8.43. The maximum Gasteiger partial charge on any atom is 0.240 e. The monoisotopic (exact) mass is 356 g/mol. The van der Waals surface area contributed by atoms with Crippen LogP contribution in [0.5, 0.6) is 0 Å². The first-order chi connectivity index (χ1) is 11.0.